The molecule has 0 spiro atoms. The summed E-state index contributed by atoms with van der Waals surface area (Å²) in [6.45, 7) is 4.98. The molecule has 1 amide bonds. The third kappa shape index (κ3) is 3.66. The van der Waals surface area contributed by atoms with Gasteiger partial charge in [-0.25, -0.2) is 0 Å². The fourth-order valence-electron chi connectivity index (χ4n) is 8.13. The van der Waals surface area contributed by atoms with Gasteiger partial charge in [-0.15, -0.1) is 0 Å². The quantitative estimate of drug-likeness (QED) is 0.608. The first-order valence-electron chi connectivity index (χ1n) is 13.4. The maximum absolute atomic E-state index is 13.0. The van der Waals surface area contributed by atoms with E-state index >= 15 is 0 Å². The number of aromatic hydroxyl groups is 1. The van der Waals surface area contributed by atoms with Crippen molar-refractivity contribution in [3.8, 4) is 5.75 Å². The van der Waals surface area contributed by atoms with Crippen LogP contribution in [0.3, 0.4) is 0 Å². The Bertz CT molecular complexity index is 1030. The van der Waals surface area contributed by atoms with Gasteiger partial charge in [-0.1, -0.05) is 37.3 Å². The van der Waals surface area contributed by atoms with Gasteiger partial charge in [0.15, 0.2) is 0 Å². The van der Waals surface area contributed by atoms with Crippen LogP contribution in [0.1, 0.15) is 67.8 Å². The van der Waals surface area contributed by atoms with E-state index in [1.54, 1.807) is 0 Å². The van der Waals surface area contributed by atoms with Crippen LogP contribution in [0, 0.1) is 22.7 Å². The topological polar surface area (TPSA) is 52.6 Å². The minimum absolute atomic E-state index is 0.0837. The molecule has 1 aliphatic heterocycles. The molecule has 2 N–H and O–H groups in total. The van der Waals surface area contributed by atoms with E-state index in [0.29, 0.717) is 23.1 Å². The Morgan fingerprint density at radius 2 is 1.74 bits per heavy atom. The second-order valence-electron chi connectivity index (χ2n) is 11.8. The molecule has 5 unspecified atom stereocenters. The number of carbonyl (C=O) groups excluding carboxylic acids is 1. The van der Waals surface area contributed by atoms with Crippen molar-refractivity contribution in [2.75, 3.05) is 13.1 Å². The minimum atomic E-state index is 0.0837. The number of carbonyl (C=O) groups is 1. The zero-order chi connectivity index (χ0) is 23.3. The molecule has 180 valence electrons. The Kier molecular flexibility index (Phi) is 5.48. The molecule has 2 bridgehead atoms. The average molecular weight is 459 g/mol. The van der Waals surface area contributed by atoms with Crippen LogP contribution >= 0.6 is 0 Å². The van der Waals surface area contributed by atoms with E-state index in [1.165, 1.54) is 57.2 Å². The number of phenolic OH excluding ortho intramolecular Hbond substituents is 1. The van der Waals surface area contributed by atoms with Crippen LogP contribution in [0.2, 0.25) is 0 Å². The van der Waals surface area contributed by atoms with Crippen LogP contribution in [0.25, 0.3) is 0 Å². The van der Waals surface area contributed by atoms with Gasteiger partial charge in [-0.2, -0.15) is 0 Å². The van der Waals surface area contributed by atoms with Gasteiger partial charge in [0, 0.05) is 24.2 Å². The van der Waals surface area contributed by atoms with Crippen molar-refractivity contribution >= 4 is 5.91 Å². The van der Waals surface area contributed by atoms with Crippen LogP contribution in [0.15, 0.2) is 54.6 Å². The second kappa shape index (κ2) is 8.41. The van der Waals surface area contributed by atoms with Crippen molar-refractivity contribution in [1.82, 2.24) is 10.2 Å². The molecule has 3 aliphatic carbocycles. The number of nitrogens with zero attached hydrogens (tertiary/aromatic N) is 1. The lowest BCUT2D eigenvalue weighted by Crippen LogP contribution is -2.65. The van der Waals surface area contributed by atoms with Gasteiger partial charge >= 0.3 is 0 Å². The number of hydrogen-bond acceptors (Lipinski definition) is 3. The summed E-state index contributed by atoms with van der Waals surface area (Å²) in [5.74, 6) is 1.88. The normalized spacial score (nSPS) is 35.0. The monoisotopic (exact) mass is 458 g/mol. The van der Waals surface area contributed by atoms with E-state index in [2.05, 4.69) is 29.3 Å². The highest BCUT2D eigenvalue weighted by Crippen LogP contribution is 2.69. The Hall–Kier alpha value is -2.33. The number of nitrogens with one attached hydrogen (secondary N) is 1. The van der Waals surface area contributed by atoms with Crippen LogP contribution in [-0.4, -0.2) is 41.1 Å². The fourth-order valence-corrected chi connectivity index (χ4v) is 8.13. The molecule has 1 saturated heterocycles. The van der Waals surface area contributed by atoms with E-state index in [1.807, 2.05) is 42.5 Å². The summed E-state index contributed by atoms with van der Waals surface area (Å²) in [6.07, 6.45) is 9.87. The van der Waals surface area contributed by atoms with E-state index in [-0.39, 0.29) is 17.4 Å². The SMILES string of the molecule is CC12CCN(CC3CC3)C(Cc3ccc(O)cc3)C13CCC(NC(=O)c1ccccc1)C2CC3. The highest BCUT2D eigenvalue weighted by Gasteiger charge is 2.66. The fraction of sp³-hybridized carbons (Fsp3) is 0.567. The van der Waals surface area contributed by atoms with Crippen LogP contribution in [0.5, 0.6) is 5.75 Å². The first kappa shape index (κ1) is 22.2. The van der Waals surface area contributed by atoms with E-state index in [4.69, 9.17) is 0 Å². The molecule has 0 aromatic heterocycles. The van der Waals surface area contributed by atoms with Crippen LogP contribution in [-0.2, 0) is 6.42 Å². The molecule has 4 nitrogen and oxygen atoms in total. The van der Waals surface area contributed by atoms with E-state index in [0.717, 1.165) is 24.3 Å². The average Bonchev–Trinajstić information content (AvgIpc) is 3.64. The predicted octanol–water partition coefficient (Wildman–Crippen LogP) is 5.41. The Labute approximate surface area is 203 Å². The molecule has 1 heterocycles. The molecular formula is C30H38N2O2. The highest BCUT2D eigenvalue weighted by atomic mass is 16.3. The zero-order valence-electron chi connectivity index (χ0n) is 20.4. The van der Waals surface area contributed by atoms with Gasteiger partial charge in [0.2, 0.25) is 0 Å². The summed E-state index contributed by atoms with van der Waals surface area (Å²) in [7, 11) is 0. The van der Waals surface area contributed by atoms with Crippen LogP contribution in [0.4, 0.5) is 0 Å². The summed E-state index contributed by atoms with van der Waals surface area (Å²) in [6, 6.07) is 18.4. The van der Waals surface area contributed by atoms with Crippen molar-refractivity contribution in [3.05, 3.63) is 65.7 Å². The van der Waals surface area contributed by atoms with Crippen molar-refractivity contribution in [2.24, 2.45) is 22.7 Å². The highest BCUT2D eigenvalue weighted by molar-refractivity contribution is 5.94. The van der Waals surface area contributed by atoms with Gasteiger partial charge in [0.05, 0.1) is 0 Å². The van der Waals surface area contributed by atoms with Crippen molar-refractivity contribution in [2.45, 2.75) is 70.4 Å². The number of amides is 1. The number of benzene rings is 2. The van der Waals surface area contributed by atoms with E-state index < -0.39 is 0 Å². The maximum Gasteiger partial charge on any atom is 0.251 e. The molecule has 4 heteroatoms. The first-order valence-corrected chi connectivity index (χ1v) is 13.4. The summed E-state index contributed by atoms with van der Waals surface area (Å²) >= 11 is 0. The summed E-state index contributed by atoms with van der Waals surface area (Å²) in [5.41, 5.74) is 2.69. The second-order valence-corrected chi connectivity index (χ2v) is 11.8. The van der Waals surface area contributed by atoms with Gasteiger partial charge < -0.3 is 10.4 Å². The Balaban J connectivity index is 1.27. The molecule has 34 heavy (non-hydrogen) atoms. The standard InChI is InChI=1S/C30H38N2O2/c1-29-17-18-32(20-22-7-8-22)27(19-21-9-11-24(33)12-10-21)30(29)15-13-25(29)26(14-16-30)31-28(34)23-5-3-2-4-6-23/h2-6,9-12,22,25-27,33H,7-8,13-20H2,1H3,(H,31,34). The number of phenols is 1. The molecule has 3 saturated carbocycles. The lowest BCUT2D eigenvalue weighted by Gasteiger charge is -2.62. The molecule has 4 aliphatic rings. The van der Waals surface area contributed by atoms with E-state index in [9.17, 15) is 9.90 Å². The van der Waals surface area contributed by atoms with Gasteiger partial charge in [-0.3, -0.25) is 9.69 Å². The van der Waals surface area contributed by atoms with Crippen LogP contribution < -0.4 is 5.32 Å². The molecule has 0 radical (unpaired) electrons. The largest absolute Gasteiger partial charge is 0.508 e. The smallest absolute Gasteiger partial charge is 0.251 e. The lowest BCUT2D eigenvalue weighted by atomic mass is 9.49. The molecule has 2 aromatic carbocycles. The summed E-state index contributed by atoms with van der Waals surface area (Å²) in [5, 5.41) is 13.3. The number of likely N-dealkylation sites (tertiary alicyclic amines) is 1. The summed E-state index contributed by atoms with van der Waals surface area (Å²) < 4.78 is 0. The zero-order valence-corrected chi connectivity index (χ0v) is 20.4. The first-order chi connectivity index (χ1) is 16.5. The Morgan fingerprint density at radius 3 is 2.47 bits per heavy atom. The maximum atomic E-state index is 13.0. The third-order valence-electron chi connectivity index (χ3n) is 10.1. The molecule has 4 fully saturated rings. The number of rotatable bonds is 6. The van der Waals surface area contributed by atoms with Gasteiger partial charge in [0.1, 0.15) is 5.75 Å². The Morgan fingerprint density at radius 1 is 1.00 bits per heavy atom. The van der Waals surface area contributed by atoms with Crippen molar-refractivity contribution in [1.29, 1.82) is 0 Å². The molecule has 6 rings (SSSR count). The molecule has 5 atom stereocenters. The van der Waals surface area contributed by atoms with Gasteiger partial charge in [0.25, 0.3) is 5.91 Å². The molecular weight excluding hydrogens is 420 g/mol. The van der Waals surface area contributed by atoms with Crippen molar-refractivity contribution < 1.29 is 9.90 Å². The van der Waals surface area contributed by atoms with Crippen molar-refractivity contribution in [3.63, 3.8) is 0 Å². The van der Waals surface area contributed by atoms with Gasteiger partial charge in [-0.05, 0) is 110 Å². The minimum Gasteiger partial charge on any atom is -0.508 e. The number of piperidine rings is 1. The summed E-state index contributed by atoms with van der Waals surface area (Å²) in [4.78, 5) is 15.9. The number of hydrogen-bond donors (Lipinski definition) is 2. The lowest BCUT2D eigenvalue weighted by molar-refractivity contribution is -0.122. The molecule has 2 aromatic rings. The predicted molar refractivity (Wildman–Crippen MR) is 135 cm³/mol. The third-order valence-corrected chi connectivity index (χ3v) is 10.1.